The number of carbonyl (C=O) groups excluding carboxylic acids is 3. The highest BCUT2D eigenvalue weighted by atomic mass is 35.5. The Morgan fingerprint density at radius 1 is 1.03 bits per heavy atom. The summed E-state index contributed by atoms with van der Waals surface area (Å²) >= 11 is 18.7. The number of esters is 3. The van der Waals surface area contributed by atoms with Crippen LogP contribution in [0.5, 0.6) is 0 Å². The number of halogens is 3. The Balaban J connectivity index is 2.10. The Bertz CT molecular complexity index is 1010. The summed E-state index contributed by atoms with van der Waals surface area (Å²) in [6.45, 7) is 3.37. The third kappa shape index (κ3) is 4.64. The van der Waals surface area contributed by atoms with Crippen molar-refractivity contribution in [1.29, 1.82) is 0 Å². The van der Waals surface area contributed by atoms with Crippen LogP contribution < -0.4 is 0 Å². The van der Waals surface area contributed by atoms with E-state index in [1.807, 2.05) is 0 Å². The number of hydrogen-bond acceptors (Lipinski definition) is 8. The van der Waals surface area contributed by atoms with Crippen molar-refractivity contribution < 1.29 is 33.3 Å². The molecule has 0 spiro atoms. The molecule has 1 saturated heterocycles. The minimum Gasteiger partial charge on any atom is -0.463 e. The third-order valence-corrected chi connectivity index (χ3v) is 5.04. The largest absolute Gasteiger partial charge is 0.463 e. The van der Waals surface area contributed by atoms with Gasteiger partial charge in [0.25, 0.3) is 0 Å². The number of carbonyl (C=O) groups is 3. The normalized spacial score (nSPS) is 23.4. The van der Waals surface area contributed by atoms with Crippen molar-refractivity contribution >= 4 is 63.7 Å². The molecule has 0 saturated carbocycles. The molecule has 2 aromatic rings. The third-order valence-electron chi connectivity index (χ3n) is 4.27. The fourth-order valence-electron chi connectivity index (χ4n) is 3.23. The number of nitrogens with zero attached hydrogens (tertiary/aromatic N) is 2. The maximum absolute atomic E-state index is 11.8. The van der Waals surface area contributed by atoms with Crippen LogP contribution in [-0.2, 0) is 33.3 Å². The van der Waals surface area contributed by atoms with E-state index in [1.165, 1.54) is 31.4 Å². The molecule has 2 heterocycles. The maximum atomic E-state index is 11.8. The quantitative estimate of drug-likeness (QED) is 0.475. The lowest BCUT2D eigenvalue weighted by atomic mass is 10.1. The van der Waals surface area contributed by atoms with E-state index in [0.717, 1.165) is 0 Å². The van der Waals surface area contributed by atoms with Crippen LogP contribution in [0.3, 0.4) is 0 Å². The van der Waals surface area contributed by atoms with Gasteiger partial charge in [-0.3, -0.25) is 19.0 Å². The molecule has 4 atom stereocenters. The molecule has 12 heteroatoms. The Morgan fingerprint density at radius 2 is 1.67 bits per heavy atom. The van der Waals surface area contributed by atoms with Crippen molar-refractivity contribution in [3.05, 3.63) is 27.5 Å². The van der Waals surface area contributed by atoms with Crippen LogP contribution in [0.1, 0.15) is 27.0 Å². The van der Waals surface area contributed by atoms with Crippen LogP contribution in [0.25, 0.3) is 11.0 Å². The van der Waals surface area contributed by atoms with Crippen LogP contribution in [0.15, 0.2) is 12.1 Å². The van der Waals surface area contributed by atoms with Crippen molar-refractivity contribution in [2.24, 2.45) is 0 Å². The summed E-state index contributed by atoms with van der Waals surface area (Å²) in [6, 6.07) is 3.07. The molecule has 0 amide bonds. The van der Waals surface area contributed by atoms with Crippen LogP contribution >= 0.6 is 34.8 Å². The summed E-state index contributed by atoms with van der Waals surface area (Å²) in [7, 11) is 0. The van der Waals surface area contributed by atoms with Crippen molar-refractivity contribution in [1.82, 2.24) is 9.55 Å². The van der Waals surface area contributed by atoms with Crippen LogP contribution in [-0.4, -0.2) is 52.4 Å². The molecule has 1 aliphatic heterocycles. The van der Waals surface area contributed by atoms with E-state index in [9.17, 15) is 14.4 Å². The Kier molecular flexibility index (Phi) is 6.76. The van der Waals surface area contributed by atoms with E-state index in [4.69, 9.17) is 53.8 Å². The summed E-state index contributed by atoms with van der Waals surface area (Å²) in [4.78, 5) is 38.9. The van der Waals surface area contributed by atoms with Crippen LogP contribution in [0.2, 0.25) is 15.3 Å². The van der Waals surface area contributed by atoms with Gasteiger partial charge < -0.3 is 18.9 Å². The van der Waals surface area contributed by atoms with Gasteiger partial charge in [0.1, 0.15) is 18.2 Å². The SMILES string of the molecule is CC(=O)OC[C@H]1O[C@@H](n2c(Cl)nc3c(Cl)cc(Cl)cc32)[C@H](OC(C)=O)[C@@H]1OC(C)=O. The Labute approximate surface area is 186 Å². The minimum atomic E-state index is -1.11. The molecule has 0 radical (unpaired) electrons. The molecule has 30 heavy (non-hydrogen) atoms. The monoisotopic (exact) mass is 478 g/mol. The van der Waals surface area contributed by atoms with Gasteiger partial charge >= 0.3 is 17.9 Å². The average molecular weight is 480 g/mol. The minimum absolute atomic E-state index is 0.0222. The second-order valence-corrected chi connectivity index (χ2v) is 7.70. The van der Waals surface area contributed by atoms with Gasteiger partial charge in [-0.15, -0.1) is 0 Å². The van der Waals surface area contributed by atoms with E-state index in [1.54, 1.807) is 6.07 Å². The first-order valence-electron chi connectivity index (χ1n) is 8.74. The highest BCUT2D eigenvalue weighted by molar-refractivity contribution is 6.38. The topological polar surface area (TPSA) is 106 Å². The van der Waals surface area contributed by atoms with Gasteiger partial charge in [0, 0.05) is 25.8 Å². The number of benzene rings is 1. The maximum Gasteiger partial charge on any atom is 0.303 e. The molecule has 9 nitrogen and oxygen atoms in total. The molecule has 1 aromatic heterocycles. The van der Waals surface area contributed by atoms with Crippen molar-refractivity contribution in [2.45, 2.75) is 45.3 Å². The summed E-state index contributed by atoms with van der Waals surface area (Å²) < 4.78 is 23.2. The second-order valence-electron chi connectivity index (χ2n) is 6.52. The number of fused-ring (bicyclic) bond motifs is 1. The summed E-state index contributed by atoms with van der Waals surface area (Å²) in [6.07, 6.45) is -4.18. The molecular formula is C18H17Cl3N2O7. The summed E-state index contributed by atoms with van der Waals surface area (Å²) in [5.41, 5.74) is 0.762. The second kappa shape index (κ2) is 8.97. The van der Waals surface area contributed by atoms with Gasteiger partial charge in [0.05, 0.1) is 10.5 Å². The van der Waals surface area contributed by atoms with Crippen molar-refractivity contribution in [3.63, 3.8) is 0 Å². The molecule has 162 valence electrons. The summed E-state index contributed by atoms with van der Waals surface area (Å²) in [5, 5.41) is 0.555. The zero-order chi connectivity index (χ0) is 22.2. The number of rotatable bonds is 5. The van der Waals surface area contributed by atoms with E-state index in [2.05, 4.69) is 4.98 Å². The average Bonchev–Trinajstić information content (AvgIpc) is 3.10. The van der Waals surface area contributed by atoms with Gasteiger partial charge in [-0.1, -0.05) is 23.2 Å². The smallest absolute Gasteiger partial charge is 0.303 e. The lowest BCUT2D eigenvalue weighted by Crippen LogP contribution is -2.40. The zero-order valence-electron chi connectivity index (χ0n) is 16.1. The van der Waals surface area contributed by atoms with Gasteiger partial charge in [-0.2, -0.15) is 0 Å². The van der Waals surface area contributed by atoms with Gasteiger partial charge in [0.15, 0.2) is 18.4 Å². The van der Waals surface area contributed by atoms with Gasteiger partial charge in [-0.25, -0.2) is 4.98 Å². The molecule has 1 aromatic carbocycles. The molecule has 3 rings (SSSR count). The molecule has 0 N–H and O–H groups in total. The first kappa shape index (κ1) is 22.6. The number of imidazole rings is 1. The van der Waals surface area contributed by atoms with Gasteiger partial charge in [-0.05, 0) is 23.7 Å². The number of ether oxygens (including phenoxy) is 4. The Morgan fingerprint density at radius 3 is 2.27 bits per heavy atom. The first-order valence-corrected chi connectivity index (χ1v) is 9.87. The van der Waals surface area contributed by atoms with Gasteiger partial charge in [0.2, 0.25) is 5.28 Å². The fraction of sp³-hybridized carbons (Fsp3) is 0.444. The lowest BCUT2D eigenvalue weighted by molar-refractivity contribution is -0.166. The predicted molar refractivity (Wildman–Crippen MR) is 106 cm³/mol. The number of aromatic nitrogens is 2. The van der Waals surface area contributed by atoms with Crippen LogP contribution in [0.4, 0.5) is 0 Å². The lowest BCUT2D eigenvalue weighted by Gasteiger charge is -2.24. The van der Waals surface area contributed by atoms with E-state index in [0.29, 0.717) is 16.1 Å². The molecule has 1 aliphatic rings. The molecule has 1 fully saturated rings. The Hall–Kier alpha value is -2.07. The van der Waals surface area contributed by atoms with Crippen molar-refractivity contribution in [2.75, 3.05) is 6.61 Å². The number of hydrogen-bond donors (Lipinski definition) is 0. The first-order chi connectivity index (χ1) is 14.1. The van der Waals surface area contributed by atoms with E-state index >= 15 is 0 Å². The zero-order valence-corrected chi connectivity index (χ0v) is 18.3. The fourth-order valence-corrected chi connectivity index (χ4v) is 4.03. The molecule has 0 aliphatic carbocycles. The highest BCUT2D eigenvalue weighted by Crippen LogP contribution is 2.40. The van der Waals surface area contributed by atoms with E-state index in [-0.39, 0.29) is 16.9 Å². The van der Waals surface area contributed by atoms with E-state index < -0.39 is 42.4 Å². The molecule has 0 unspecified atom stereocenters. The van der Waals surface area contributed by atoms with Crippen molar-refractivity contribution in [3.8, 4) is 0 Å². The highest BCUT2D eigenvalue weighted by Gasteiger charge is 2.51. The van der Waals surface area contributed by atoms with Crippen LogP contribution in [0, 0.1) is 0 Å². The molecule has 0 bridgehead atoms. The predicted octanol–water partition coefficient (Wildman–Crippen LogP) is 3.32. The standard InChI is InChI=1S/C18H17Cl3N2O7/c1-7(24)27-6-13-15(28-8(2)25)16(29-9(3)26)17(30-13)23-12-5-10(19)4-11(20)14(12)22-18(23)21/h4-5,13,15-17H,6H2,1-3H3/t13-,15-,16-,17-/m1/s1. The summed E-state index contributed by atoms with van der Waals surface area (Å²) in [5.74, 6) is -1.84. The molecular weight excluding hydrogens is 463 g/mol.